The average molecular weight is 301 g/mol. The molecule has 98 valence electrons. The summed E-state index contributed by atoms with van der Waals surface area (Å²) in [5.74, 6) is -0.0552. The van der Waals surface area contributed by atoms with Crippen LogP contribution >= 0.6 is 23.2 Å². The summed E-state index contributed by atoms with van der Waals surface area (Å²) in [5.41, 5.74) is 1.21. The van der Waals surface area contributed by atoms with Crippen molar-refractivity contribution in [2.45, 2.75) is 0 Å². The minimum Gasteiger partial charge on any atom is -0.289 e. The first-order chi connectivity index (χ1) is 9.66. The molecule has 0 saturated heterocycles. The van der Waals surface area contributed by atoms with Crippen molar-refractivity contribution >= 4 is 39.8 Å². The maximum absolute atomic E-state index is 12.6. The summed E-state index contributed by atoms with van der Waals surface area (Å²) in [6, 6.07) is 18.1. The average Bonchev–Trinajstić information content (AvgIpc) is 2.47. The van der Waals surface area contributed by atoms with Crippen molar-refractivity contribution < 1.29 is 4.79 Å². The van der Waals surface area contributed by atoms with Gasteiger partial charge in [-0.3, -0.25) is 4.79 Å². The third-order valence-corrected chi connectivity index (χ3v) is 3.77. The van der Waals surface area contributed by atoms with E-state index in [1.807, 2.05) is 24.3 Å². The fraction of sp³-hybridized carbons (Fsp3) is 0. The smallest absolute Gasteiger partial charge is 0.193 e. The number of hydrogen-bond acceptors (Lipinski definition) is 1. The van der Waals surface area contributed by atoms with Crippen molar-refractivity contribution in [3.8, 4) is 0 Å². The van der Waals surface area contributed by atoms with Crippen molar-refractivity contribution in [3.63, 3.8) is 0 Å². The molecule has 0 aromatic heterocycles. The fourth-order valence-corrected chi connectivity index (χ4v) is 2.66. The van der Waals surface area contributed by atoms with E-state index in [4.69, 9.17) is 23.2 Å². The third-order valence-electron chi connectivity index (χ3n) is 3.20. The molecular weight excluding hydrogens is 291 g/mol. The van der Waals surface area contributed by atoms with Gasteiger partial charge in [0.2, 0.25) is 0 Å². The summed E-state index contributed by atoms with van der Waals surface area (Å²) in [6.07, 6.45) is 0. The van der Waals surface area contributed by atoms with E-state index in [1.54, 1.807) is 36.4 Å². The summed E-state index contributed by atoms with van der Waals surface area (Å²) in [5, 5.41) is 2.92. The van der Waals surface area contributed by atoms with Gasteiger partial charge in [0, 0.05) is 26.6 Å². The summed E-state index contributed by atoms with van der Waals surface area (Å²) >= 11 is 12.1. The summed E-state index contributed by atoms with van der Waals surface area (Å²) in [4.78, 5) is 12.6. The normalized spacial score (nSPS) is 10.7. The molecule has 0 heterocycles. The lowest BCUT2D eigenvalue weighted by molar-refractivity contribution is 0.104. The maximum atomic E-state index is 12.6. The lowest BCUT2D eigenvalue weighted by Crippen LogP contribution is -2.02. The fourth-order valence-electron chi connectivity index (χ4n) is 2.25. The van der Waals surface area contributed by atoms with E-state index in [9.17, 15) is 4.79 Å². The Morgan fingerprint density at radius 3 is 2.30 bits per heavy atom. The van der Waals surface area contributed by atoms with Gasteiger partial charge in [0.15, 0.2) is 5.78 Å². The minimum absolute atomic E-state index is 0.0552. The zero-order valence-corrected chi connectivity index (χ0v) is 11.9. The molecule has 0 saturated carbocycles. The Morgan fingerprint density at radius 2 is 1.55 bits per heavy atom. The first kappa shape index (κ1) is 13.2. The second kappa shape index (κ2) is 5.28. The number of carbonyl (C=O) groups is 1. The molecule has 0 aliphatic heterocycles. The standard InChI is InChI=1S/C17H10Cl2O/c18-12-5-3-4-11(10-12)17(20)15-8-9-16(19)14-7-2-1-6-13(14)15/h1-10H. The number of carbonyl (C=O) groups excluding carboxylic acids is 1. The number of benzene rings is 3. The Bertz CT molecular complexity index is 809. The highest BCUT2D eigenvalue weighted by Gasteiger charge is 2.13. The van der Waals surface area contributed by atoms with Crippen LogP contribution in [0.25, 0.3) is 10.8 Å². The Balaban J connectivity index is 2.20. The zero-order valence-electron chi connectivity index (χ0n) is 10.4. The van der Waals surface area contributed by atoms with Gasteiger partial charge in [-0.25, -0.2) is 0 Å². The van der Waals surface area contributed by atoms with Gasteiger partial charge in [-0.05, 0) is 29.7 Å². The Kier molecular flexibility index (Phi) is 3.47. The van der Waals surface area contributed by atoms with Gasteiger partial charge in [0.05, 0.1) is 0 Å². The highest BCUT2D eigenvalue weighted by molar-refractivity contribution is 6.36. The van der Waals surface area contributed by atoms with Crippen LogP contribution in [0.4, 0.5) is 0 Å². The predicted molar refractivity (Wildman–Crippen MR) is 83.8 cm³/mol. The van der Waals surface area contributed by atoms with Gasteiger partial charge in [-0.2, -0.15) is 0 Å². The van der Waals surface area contributed by atoms with Gasteiger partial charge >= 0.3 is 0 Å². The van der Waals surface area contributed by atoms with Gasteiger partial charge in [-0.15, -0.1) is 0 Å². The number of fused-ring (bicyclic) bond motifs is 1. The molecule has 0 radical (unpaired) electrons. The highest BCUT2D eigenvalue weighted by atomic mass is 35.5. The van der Waals surface area contributed by atoms with Gasteiger partial charge in [0.1, 0.15) is 0 Å². The van der Waals surface area contributed by atoms with Crippen LogP contribution in [0.3, 0.4) is 0 Å². The Labute approximate surface area is 126 Å². The first-order valence-corrected chi connectivity index (χ1v) is 6.90. The molecule has 3 aromatic rings. The molecule has 0 unspecified atom stereocenters. The largest absolute Gasteiger partial charge is 0.289 e. The first-order valence-electron chi connectivity index (χ1n) is 6.14. The number of halogens is 2. The van der Waals surface area contributed by atoms with E-state index >= 15 is 0 Å². The topological polar surface area (TPSA) is 17.1 Å². The van der Waals surface area contributed by atoms with Crippen LogP contribution in [0.15, 0.2) is 60.7 Å². The maximum Gasteiger partial charge on any atom is 0.193 e. The molecule has 0 atom stereocenters. The molecule has 20 heavy (non-hydrogen) atoms. The van der Waals surface area contributed by atoms with E-state index in [0.717, 1.165) is 10.8 Å². The number of hydrogen-bond donors (Lipinski definition) is 0. The Hall–Kier alpha value is -1.83. The van der Waals surface area contributed by atoms with Crippen LogP contribution in [-0.2, 0) is 0 Å². The minimum atomic E-state index is -0.0552. The lowest BCUT2D eigenvalue weighted by atomic mass is 9.97. The van der Waals surface area contributed by atoms with Gasteiger partial charge < -0.3 is 0 Å². The summed E-state index contributed by atoms with van der Waals surface area (Å²) in [7, 11) is 0. The molecule has 0 bridgehead atoms. The molecule has 3 heteroatoms. The summed E-state index contributed by atoms with van der Waals surface area (Å²) < 4.78 is 0. The van der Waals surface area contributed by atoms with Crippen LogP contribution in [0.2, 0.25) is 10.0 Å². The Morgan fingerprint density at radius 1 is 0.800 bits per heavy atom. The van der Waals surface area contributed by atoms with Gasteiger partial charge in [0.25, 0.3) is 0 Å². The van der Waals surface area contributed by atoms with Crippen molar-refractivity contribution in [1.29, 1.82) is 0 Å². The van der Waals surface area contributed by atoms with Crippen molar-refractivity contribution in [2.75, 3.05) is 0 Å². The van der Waals surface area contributed by atoms with Crippen molar-refractivity contribution in [1.82, 2.24) is 0 Å². The van der Waals surface area contributed by atoms with E-state index in [0.29, 0.717) is 21.2 Å². The second-order valence-electron chi connectivity index (χ2n) is 4.48. The molecule has 1 nitrogen and oxygen atoms in total. The van der Waals surface area contributed by atoms with E-state index < -0.39 is 0 Å². The zero-order chi connectivity index (χ0) is 14.1. The van der Waals surface area contributed by atoms with Crippen LogP contribution in [0.1, 0.15) is 15.9 Å². The predicted octanol–water partition coefficient (Wildman–Crippen LogP) is 5.38. The van der Waals surface area contributed by atoms with Crippen LogP contribution in [0, 0.1) is 0 Å². The molecular formula is C17H10Cl2O. The molecule has 0 spiro atoms. The number of ketones is 1. The van der Waals surface area contributed by atoms with E-state index in [-0.39, 0.29) is 5.78 Å². The monoisotopic (exact) mass is 300 g/mol. The van der Waals surface area contributed by atoms with Crippen LogP contribution < -0.4 is 0 Å². The van der Waals surface area contributed by atoms with Gasteiger partial charge in [-0.1, -0.05) is 59.6 Å². The number of rotatable bonds is 2. The molecule has 3 aromatic carbocycles. The van der Waals surface area contributed by atoms with Crippen molar-refractivity contribution in [3.05, 3.63) is 81.8 Å². The van der Waals surface area contributed by atoms with Crippen LogP contribution in [-0.4, -0.2) is 5.78 Å². The molecule has 0 N–H and O–H groups in total. The molecule has 0 aliphatic carbocycles. The lowest BCUT2D eigenvalue weighted by Gasteiger charge is -2.07. The summed E-state index contributed by atoms with van der Waals surface area (Å²) in [6.45, 7) is 0. The van der Waals surface area contributed by atoms with Crippen LogP contribution in [0.5, 0.6) is 0 Å². The SMILES string of the molecule is O=C(c1cccc(Cl)c1)c1ccc(Cl)c2ccccc12. The van der Waals surface area contributed by atoms with Crippen molar-refractivity contribution in [2.24, 2.45) is 0 Å². The van der Waals surface area contributed by atoms with E-state index in [2.05, 4.69) is 0 Å². The molecule has 3 rings (SSSR count). The van der Waals surface area contributed by atoms with E-state index in [1.165, 1.54) is 0 Å². The molecule has 0 fully saturated rings. The molecule has 0 amide bonds. The molecule has 0 aliphatic rings. The highest BCUT2D eigenvalue weighted by Crippen LogP contribution is 2.28. The third kappa shape index (κ3) is 2.31. The quantitative estimate of drug-likeness (QED) is 0.581. The second-order valence-corrected chi connectivity index (χ2v) is 5.32.